The van der Waals surface area contributed by atoms with Gasteiger partial charge in [-0.15, -0.1) is 11.6 Å². The van der Waals surface area contributed by atoms with Crippen LogP contribution in [0.2, 0.25) is 0 Å². The van der Waals surface area contributed by atoms with E-state index in [0.717, 1.165) is 11.1 Å². The Morgan fingerprint density at radius 2 is 1.44 bits per heavy atom. The van der Waals surface area contributed by atoms with E-state index in [9.17, 15) is 5.11 Å². The first-order chi connectivity index (χ1) is 12.2. The molecule has 3 nitrogen and oxygen atoms in total. The largest absolute Gasteiger partial charge is 0.390 e. The molecule has 0 aromatic heterocycles. The van der Waals surface area contributed by atoms with Crippen molar-refractivity contribution in [2.75, 3.05) is 0 Å². The van der Waals surface area contributed by atoms with Crippen molar-refractivity contribution in [1.29, 1.82) is 0 Å². The molecule has 132 valence electrons. The highest BCUT2D eigenvalue weighted by molar-refractivity contribution is 6.21. The fraction of sp³-hybridized carbons (Fsp3) is 0.333. The zero-order chi connectivity index (χ0) is 17.5. The lowest BCUT2D eigenvalue weighted by Crippen LogP contribution is -2.41. The standard InChI is InChI=1S/C21H23ClO3/c22-20-19(24-14-16-8-3-1-4-9-16)13-7-12-18(23)21(20)25-15-17-10-5-2-6-11-17/h1-11,13,18-21,23H,12,14-15H2/t18-,19-,20+,21+/m1/s1. The first-order valence-electron chi connectivity index (χ1n) is 8.54. The van der Waals surface area contributed by atoms with Gasteiger partial charge >= 0.3 is 0 Å². The molecule has 2 aromatic rings. The summed E-state index contributed by atoms with van der Waals surface area (Å²) in [5.41, 5.74) is 2.14. The van der Waals surface area contributed by atoms with Crippen LogP contribution in [0.4, 0.5) is 0 Å². The molecule has 1 N–H and O–H groups in total. The van der Waals surface area contributed by atoms with E-state index < -0.39 is 17.6 Å². The molecule has 0 unspecified atom stereocenters. The summed E-state index contributed by atoms with van der Waals surface area (Å²) >= 11 is 6.62. The average Bonchev–Trinajstić information content (AvgIpc) is 2.78. The maximum Gasteiger partial charge on any atom is 0.103 e. The van der Waals surface area contributed by atoms with E-state index in [-0.39, 0.29) is 6.10 Å². The number of ether oxygens (including phenoxy) is 2. The highest BCUT2D eigenvalue weighted by Gasteiger charge is 2.34. The predicted molar refractivity (Wildman–Crippen MR) is 99.4 cm³/mol. The zero-order valence-electron chi connectivity index (χ0n) is 14.0. The van der Waals surface area contributed by atoms with Crippen LogP contribution in [0, 0.1) is 0 Å². The van der Waals surface area contributed by atoms with Gasteiger partial charge in [-0.25, -0.2) is 0 Å². The summed E-state index contributed by atoms with van der Waals surface area (Å²) in [7, 11) is 0. The second-order valence-electron chi connectivity index (χ2n) is 6.20. The van der Waals surface area contributed by atoms with E-state index in [4.69, 9.17) is 21.1 Å². The molecule has 4 atom stereocenters. The van der Waals surface area contributed by atoms with Crippen LogP contribution in [0.1, 0.15) is 17.5 Å². The summed E-state index contributed by atoms with van der Waals surface area (Å²) in [6, 6.07) is 19.9. The number of aliphatic hydroxyl groups excluding tert-OH is 1. The van der Waals surface area contributed by atoms with Crippen molar-refractivity contribution < 1.29 is 14.6 Å². The summed E-state index contributed by atoms with van der Waals surface area (Å²) in [6.45, 7) is 0.887. The van der Waals surface area contributed by atoms with Gasteiger partial charge in [-0.1, -0.05) is 72.8 Å². The van der Waals surface area contributed by atoms with Gasteiger partial charge in [0.05, 0.1) is 30.8 Å². The number of aliphatic hydroxyl groups is 1. The van der Waals surface area contributed by atoms with E-state index in [1.165, 1.54) is 0 Å². The number of alkyl halides is 1. The molecule has 0 heterocycles. The van der Waals surface area contributed by atoms with Gasteiger partial charge in [-0.05, 0) is 17.5 Å². The number of rotatable bonds is 6. The van der Waals surface area contributed by atoms with E-state index in [1.54, 1.807) is 0 Å². The fourth-order valence-electron chi connectivity index (χ4n) is 2.88. The molecule has 3 rings (SSSR count). The highest BCUT2D eigenvalue weighted by Crippen LogP contribution is 2.25. The van der Waals surface area contributed by atoms with E-state index in [0.29, 0.717) is 19.6 Å². The first-order valence-corrected chi connectivity index (χ1v) is 8.97. The SMILES string of the molecule is O[C@@H]1CC=C[C@@H](OCc2ccccc2)[C@H](Cl)[C@H]1OCc1ccccc1. The van der Waals surface area contributed by atoms with Crippen molar-refractivity contribution in [3.63, 3.8) is 0 Å². The van der Waals surface area contributed by atoms with Gasteiger partial charge in [0.1, 0.15) is 6.10 Å². The lowest BCUT2D eigenvalue weighted by Gasteiger charge is -2.29. The lowest BCUT2D eigenvalue weighted by atomic mass is 10.1. The summed E-state index contributed by atoms with van der Waals surface area (Å²) in [4.78, 5) is 0. The maximum absolute atomic E-state index is 10.4. The molecular formula is C21H23ClO3. The van der Waals surface area contributed by atoms with E-state index >= 15 is 0 Å². The number of hydrogen-bond acceptors (Lipinski definition) is 3. The molecule has 0 fully saturated rings. The lowest BCUT2D eigenvalue weighted by molar-refractivity contribution is -0.0649. The second-order valence-corrected chi connectivity index (χ2v) is 6.70. The van der Waals surface area contributed by atoms with E-state index in [1.807, 2.05) is 72.8 Å². The Bertz CT molecular complexity index is 659. The van der Waals surface area contributed by atoms with Crippen molar-refractivity contribution in [3.05, 3.63) is 83.9 Å². The quantitative estimate of drug-likeness (QED) is 0.624. The molecule has 1 aliphatic carbocycles. The molecule has 25 heavy (non-hydrogen) atoms. The number of hydrogen-bond donors (Lipinski definition) is 1. The van der Waals surface area contributed by atoms with Gasteiger partial charge in [0.15, 0.2) is 0 Å². The van der Waals surface area contributed by atoms with Crippen LogP contribution in [0.3, 0.4) is 0 Å². The smallest absolute Gasteiger partial charge is 0.103 e. The second kappa shape index (κ2) is 9.16. The fourth-order valence-corrected chi connectivity index (χ4v) is 3.27. The average molecular weight is 359 g/mol. The van der Waals surface area contributed by atoms with Crippen LogP contribution >= 0.6 is 11.6 Å². The Kier molecular flexibility index (Phi) is 6.65. The maximum atomic E-state index is 10.4. The van der Waals surface area contributed by atoms with Gasteiger partial charge in [0.25, 0.3) is 0 Å². The Morgan fingerprint density at radius 1 is 0.880 bits per heavy atom. The molecule has 0 bridgehead atoms. The number of halogens is 1. The summed E-state index contributed by atoms with van der Waals surface area (Å²) in [6.07, 6.45) is 2.91. The molecule has 4 heteroatoms. The topological polar surface area (TPSA) is 38.7 Å². The normalized spacial score (nSPS) is 26.3. The minimum atomic E-state index is -0.646. The van der Waals surface area contributed by atoms with Crippen LogP contribution in [-0.4, -0.2) is 28.8 Å². The third-order valence-electron chi connectivity index (χ3n) is 4.28. The minimum Gasteiger partial charge on any atom is -0.390 e. The molecule has 0 spiro atoms. The van der Waals surface area contributed by atoms with Crippen molar-refractivity contribution >= 4 is 11.6 Å². The van der Waals surface area contributed by atoms with Crippen molar-refractivity contribution in [2.24, 2.45) is 0 Å². The summed E-state index contributed by atoms with van der Waals surface area (Å²) in [5, 5.41) is 9.93. The Morgan fingerprint density at radius 3 is 2.04 bits per heavy atom. The molecular weight excluding hydrogens is 336 g/mol. The Hall–Kier alpha value is -1.65. The van der Waals surface area contributed by atoms with Gasteiger partial charge in [0.2, 0.25) is 0 Å². The molecule has 2 aromatic carbocycles. The zero-order valence-corrected chi connectivity index (χ0v) is 14.8. The monoisotopic (exact) mass is 358 g/mol. The third kappa shape index (κ3) is 5.16. The van der Waals surface area contributed by atoms with Gasteiger partial charge in [0, 0.05) is 0 Å². The van der Waals surface area contributed by atoms with Crippen LogP contribution in [0.5, 0.6) is 0 Å². The van der Waals surface area contributed by atoms with Gasteiger partial charge < -0.3 is 14.6 Å². The van der Waals surface area contributed by atoms with Crippen molar-refractivity contribution in [3.8, 4) is 0 Å². The van der Waals surface area contributed by atoms with Crippen molar-refractivity contribution in [1.82, 2.24) is 0 Å². The summed E-state index contributed by atoms with van der Waals surface area (Å²) < 4.78 is 11.9. The van der Waals surface area contributed by atoms with E-state index in [2.05, 4.69) is 0 Å². The van der Waals surface area contributed by atoms with Gasteiger partial charge in [-0.2, -0.15) is 0 Å². The third-order valence-corrected chi connectivity index (χ3v) is 4.78. The van der Waals surface area contributed by atoms with Crippen LogP contribution in [0.25, 0.3) is 0 Å². The molecule has 0 saturated carbocycles. The number of benzene rings is 2. The van der Waals surface area contributed by atoms with Crippen LogP contribution in [0.15, 0.2) is 72.8 Å². The molecule has 0 amide bonds. The van der Waals surface area contributed by atoms with Crippen LogP contribution < -0.4 is 0 Å². The first kappa shape index (κ1) is 18.2. The Labute approximate surface area is 153 Å². The highest BCUT2D eigenvalue weighted by atomic mass is 35.5. The minimum absolute atomic E-state index is 0.306. The Balaban J connectivity index is 1.61. The van der Waals surface area contributed by atoms with Gasteiger partial charge in [-0.3, -0.25) is 0 Å². The molecule has 0 radical (unpaired) electrons. The summed E-state index contributed by atoms with van der Waals surface area (Å²) in [5.74, 6) is 0. The molecule has 0 aliphatic heterocycles. The van der Waals surface area contributed by atoms with Crippen LogP contribution in [-0.2, 0) is 22.7 Å². The predicted octanol–water partition coefficient (Wildman–Crippen LogP) is 4.09. The molecule has 1 aliphatic rings. The molecule has 0 saturated heterocycles. The van der Waals surface area contributed by atoms with Crippen molar-refractivity contribution in [2.45, 2.75) is 43.3 Å².